The van der Waals surface area contributed by atoms with Gasteiger partial charge in [-0.1, -0.05) is 25.2 Å². The number of nitrogens with zero attached hydrogens (tertiary/aromatic N) is 3. The second kappa shape index (κ2) is 6.41. The van der Waals surface area contributed by atoms with E-state index in [1.54, 1.807) is 12.1 Å². The Morgan fingerprint density at radius 2 is 2.30 bits per heavy atom. The summed E-state index contributed by atoms with van der Waals surface area (Å²) in [5.41, 5.74) is 7.29. The number of benzene rings is 1. The van der Waals surface area contributed by atoms with Gasteiger partial charge < -0.3 is 15.4 Å². The number of anilines is 3. The van der Waals surface area contributed by atoms with Gasteiger partial charge in [0.15, 0.2) is 0 Å². The quantitative estimate of drug-likeness (QED) is 0.832. The molecule has 3 N–H and O–H groups in total. The molecule has 0 saturated heterocycles. The highest BCUT2D eigenvalue weighted by Crippen LogP contribution is 2.33. The minimum absolute atomic E-state index is 0.124. The van der Waals surface area contributed by atoms with Crippen LogP contribution in [-0.4, -0.2) is 35.8 Å². The van der Waals surface area contributed by atoms with Gasteiger partial charge in [0.2, 0.25) is 11.0 Å². The van der Waals surface area contributed by atoms with Gasteiger partial charge in [0.25, 0.3) is 0 Å². The number of aromatic nitrogens is 2. The van der Waals surface area contributed by atoms with E-state index in [0.717, 1.165) is 10.7 Å². The van der Waals surface area contributed by atoms with Crippen molar-refractivity contribution in [1.29, 1.82) is 0 Å². The molecule has 0 aliphatic carbocycles. The van der Waals surface area contributed by atoms with Gasteiger partial charge in [-0.05, 0) is 12.1 Å². The van der Waals surface area contributed by atoms with Gasteiger partial charge in [0, 0.05) is 17.7 Å². The van der Waals surface area contributed by atoms with Crippen molar-refractivity contribution in [3.8, 4) is 5.75 Å². The van der Waals surface area contributed by atoms with Crippen LogP contribution in [0.5, 0.6) is 5.75 Å². The Kier molecular flexibility index (Phi) is 4.33. The molecule has 23 heavy (non-hydrogen) atoms. The van der Waals surface area contributed by atoms with Crippen molar-refractivity contribution in [2.45, 2.75) is 19.8 Å². The first-order valence-corrected chi connectivity index (χ1v) is 8.25. The number of carbonyl (C=O) groups is 1. The molecule has 2 heterocycles. The molecule has 1 aliphatic rings. The molecule has 0 saturated carbocycles. The summed E-state index contributed by atoms with van der Waals surface area (Å²) in [5.74, 6) is 0.887. The van der Waals surface area contributed by atoms with Crippen molar-refractivity contribution in [1.82, 2.24) is 10.2 Å². The van der Waals surface area contributed by atoms with Crippen molar-refractivity contribution in [2.75, 3.05) is 35.6 Å². The Morgan fingerprint density at radius 3 is 3.04 bits per heavy atom. The van der Waals surface area contributed by atoms with Gasteiger partial charge in [-0.15, -0.1) is 10.2 Å². The Hall–Kier alpha value is -2.35. The van der Waals surface area contributed by atoms with Crippen LogP contribution in [-0.2, 0) is 4.79 Å². The molecule has 1 amide bonds. The highest BCUT2D eigenvalue weighted by atomic mass is 32.1. The zero-order valence-electron chi connectivity index (χ0n) is 13.1. The summed E-state index contributed by atoms with van der Waals surface area (Å²) in [5, 5.41) is 12.3. The highest BCUT2D eigenvalue weighted by molar-refractivity contribution is 7.15. The molecular formula is C15H19N5O2S. The molecule has 3 rings (SSSR count). The first kappa shape index (κ1) is 15.5. The SMILES string of the molecule is CC(C)c1nnc(NC(=O)CN2CCOc3cc(N)ccc32)s1. The molecule has 1 aromatic heterocycles. The van der Waals surface area contributed by atoms with E-state index in [0.29, 0.717) is 35.6 Å². The van der Waals surface area contributed by atoms with Gasteiger partial charge in [-0.25, -0.2) is 0 Å². The van der Waals surface area contributed by atoms with Crippen molar-refractivity contribution in [3.63, 3.8) is 0 Å². The van der Waals surface area contributed by atoms with Crippen LogP contribution in [0.15, 0.2) is 18.2 Å². The van der Waals surface area contributed by atoms with Crippen LogP contribution < -0.4 is 20.7 Å². The molecule has 1 aliphatic heterocycles. The summed E-state index contributed by atoms with van der Waals surface area (Å²) in [6, 6.07) is 5.45. The second-order valence-electron chi connectivity index (χ2n) is 5.65. The maximum absolute atomic E-state index is 12.3. The summed E-state index contributed by atoms with van der Waals surface area (Å²) in [6.07, 6.45) is 0. The van der Waals surface area contributed by atoms with E-state index in [-0.39, 0.29) is 12.5 Å². The van der Waals surface area contributed by atoms with E-state index in [1.165, 1.54) is 11.3 Å². The molecule has 0 atom stereocenters. The average Bonchev–Trinajstić information content (AvgIpc) is 2.95. The fourth-order valence-corrected chi connectivity index (χ4v) is 3.07. The Morgan fingerprint density at radius 1 is 1.48 bits per heavy atom. The van der Waals surface area contributed by atoms with Crippen LogP contribution in [0, 0.1) is 0 Å². The normalized spacial score (nSPS) is 13.6. The molecule has 0 radical (unpaired) electrons. The van der Waals surface area contributed by atoms with E-state index >= 15 is 0 Å². The maximum atomic E-state index is 12.3. The lowest BCUT2D eigenvalue weighted by molar-refractivity contribution is -0.115. The van der Waals surface area contributed by atoms with Crippen molar-refractivity contribution < 1.29 is 9.53 Å². The fraction of sp³-hybridized carbons (Fsp3) is 0.400. The molecule has 0 bridgehead atoms. The smallest absolute Gasteiger partial charge is 0.245 e. The van der Waals surface area contributed by atoms with Gasteiger partial charge in [-0.2, -0.15) is 0 Å². The monoisotopic (exact) mass is 333 g/mol. The largest absolute Gasteiger partial charge is 0.489 e. The van der Waals surface area contributed by atoms with E-state index in [9.17, 15) is 4.79 Å². The summed E-state index contributed by atoms with van der Waals surface area (Å²) in [7, 11) is 0. The number of nitrogens with one attached hydrogen (secondary N) is 1. The van der Waals surface area contributed by atoms with E-state index in [2.05, 4.69) is 15.5 Å². The number of nitrogen functional groups attached to an aromatic ring is 1. The molecule has 0 spiro atoms. The summed E-state index contributed by atoms with van der Waals surface area (Å²) in [4.78, 5) is 14.2. The van der Waals surface area contributed by atoms with Crippen LogP contribution >= 0.6 is 11.3 Å². The number of rotatable bonds is 4. The first-order valence-electron chi connectivity index (χ1n) is 7.43. The van der Waals surface area contributed by atoms with Crippen LogP contribution in [0.25, 0.3) is 0 Å². The number of fused-ring (bicyclic) bond motifs is 1. The third-order valence-corrected chi connectivity index (χ3v) is 4.60. The van der Waals surface area contributed by atoms with Crippen LogP contribution in [0.4, 0.5) is 16.5 Å². The first-order chi connectivity index (χ1) is 11.0. The van der Waals surface area contributed by atoms with Gasteiger partial charge in [0.05, 0.1) is 18.8 Å². The number of hydrogen-bond acceptors (Lipinski definition) is 7. The van der Waals surface area contributed by atoms with E-state index < -0.39 is 0 Å². The molecule has 0 unspecified atom stereocenters. The lowest BCUT2D eigenvalue weighted by Gasteiger charge is -2.30. The van der Waals surface area contributed by atoms with Crippen LogP contribution in [0.3, 0.4) is 0 Å². The Balaban J connectivity index is 1.66. The zero-order chi connectivity index (χ0) is 16.4. The summed E-state index contributed by atoms with van der Waals surface area (Å²) < 4.78 is 5.59. The van der Waals surface area contributed by atoms with E-state index in [1.807, 2.05) is 24.8 Å². The summed E-state index contributed by atoms with van der Waals surface area (Å²) >= 11 is 1.40. The molecule has 8 heteroatoms. The molecule has 7 nitrogen and oxygen atoms in total. The number of amides is 1. The van der Waals surface area contributed by atoms with E-state index in [4.69, 9.17) is 10.5 Å². The number of hydrogen-bond donors (Lipinski definition) is 2. The lowest BCUT2D eigenvalue weighted by atomic mass is 10.2. The Labute approximate surface area is 138 Å². The van der Waals surface area contributed by atoms with Gasteiger partial charge >= 0.3 is 0 Å². The maximum Gasteiger partial charge on any atom is 0.245 e. The second-order valence-corrected chi connectivity index (χ2v) is 6.65. The van der Waals surface area contributed by atoms with Gasteiger partial charge in [-0.3, -0.25) is 10.1 Å². The predicted molar refractivity (Wildman–Crippen MR) is 91.2 cm³/mol. The standard InChI is InChI=1S/C15H19N5O2S/c1-9(2)14-18-19-15(23-14)17-13(21)8-20-5-6-22-12-7-10(16)3-4-11(12)20/h3-4,7,9H,5-6,8,16H2,1-2H3,(H,17,19,21). The van der Waals surface area contributed by atoms with Crippen molar-refractivity contribution in [3.05, 3.63) is 23.2 Å². The van der Waals surface area contributed by atoms with Crippen LogP contribution in [0.1, 0.15) is 24.8 Å². The number of nitrogens with two attached hydrogens (primary N) is 1. The summed E-state index contributed by atoms with van der Waals surface area (Å²) in [6.45, 7) is 5.50. The predicted octanol–water partition coefficient (Wildman–Crippen LogP) is 2.08. The Bertz CT molecular complexity index is 716. The van der Waals surface area contributed by atoms with Crippen molar-refractivity contribution in [2.24, 2.45) is 0 Å². The van der Waals surface area contributed by atoms with Crippen LogP contribution in [0.2, 0.25) is 0 Å². The third kappa shape index (κ3) is 3.53. The average molecular weight is 333 g/mol. The molecule has 2 aromatic rings. The third-order valence-electron chi connectivity index (χ3n) is 3.46. The number of carbonyl (C=O) groups excluding carboxylic acids is 1. The van der Waals surface area contributed by atoms with Gasteiger partial charge in [0.1, 0.15) is 17.4 Å². The highest BCUT2D eigenvalue weighted by Gasteiger charge is 2.21. The molecule has 1 aromatic carbocycles. The topological polar surface area (TPSA) is 93.4 Å². The minimum atomic E-state index is -0.124. The molecule has 0 fully saturated rings. The van der Waals surface area contributed by atoms with Crippen molar-refractivity contribution >= 4 is 33.8 Å². The minimum Gasteiger partial charge on any atom is -0.489 e. The lowest BCUT2D eigenvalue weighted by Crippen LogP contribution is -2.38. The molecular weight excluding hydrogens is 314 g/mol. The fourth-order valence-electron chi connectivity index (χ4n) is 2.31. The molecule has 122 valence electrons. The zero-order valence-corrected chi connectivity index (χ0v) is 13.9. The number of ether oxygens (including phenoxy) is 1.